The van der Waals surface area contributed by atoms with Crippen LogP contribution in [0.25, 0.3) is 0 Å². The van der Waals surface area contributed by atoms with E-state index in [2.05, 4.69) is 13.8 Å². The van der Waals surface area contributed by atoms with E-state index in [1.807, 2.05) is 4.90 Å². The minimum absolute atomic E-state index is 0.607. The molecule has 0 atom stereocenters. The van der Waals surface area contributed by atoms with E-state index in [0.717, 1.165) is 13.1 Å². The SMILES string of the molecule is CCCCN(CC)C(=S)[S-]. The van der Waals surface area contributed by atoms with Crippen molar-refractivity contribution < 1.29 is 0 Å². The molecule has 0 radical (unpaired) electrons. The maximum Gasteiger partial charge on any atom is 0.0162 e. The molecule has 0 heterocycles. The lowest BCUT2D eigenvalue weighted by Gasteiger charge is -2.26. The van der Waals surface area contributed by atoms with Crippen LogP contribution >= 0.6 is 12.2 Å². The van der Waals surface area contributed by atoms with Gasteiger partial charge in [-0.2, -0.15) is 0 Å². The Balaban J connectivity index is 3.50. The third-order valence-electron chi connectivity index (χ3n) is 1.42. The molecule has 0 amide bonds. The summed E-state index contributed by atoms with van der Waals surface area (Å²) in [5, 5.41) is 0. The Labute approximate surface area is 74.2 Å². The van der Waals surface area contributed by atoms with E-state index in [1.54, 1.807) is 0 Å². The lowest BCUT2D eigenvalue weighted by Crippen LogP contribution is -2.28. The van der Waals surface area contributed by atoms with Gasteiger partial charge in [0, 0.05) is 13.1 Å². The summed E-state index contributed by atoms with van der Waals surface area (Å²) in [6.07, 6.45) is 2.39. The van der Waals surface area contributed by atoms with Crippen LogP contribution < -0.4 is 0 Å². The lowest BCUT2D eigenvalue weighted by molar-refractivity contribution is 0.442. The molecular weight excluding hydrogens is 162 g/mol. The molecule has 0 saturated heterocycles. The maximum absolute atomic E-state index is 4.87. The van der Waals surface area contributed by atoms with Gasteiger partial charge < -0.3 is 29.7 Å². The predicted molar refractivity (Wildman–Crippen MR) is 52.1 cm³/mol. The fourth-order valence-corrected chi connectivity index (χ4v) is 1.17. The molecule has 0 aliphatic rings. The Morgan fingerprint density at radius 3 is 2.40 bits per heavy atom. The van der Waals surface area contributed by atoms with Crippen molar-refractivity contribution in [2.75, 3.05) is 13.1 Å². The normalized spacial score (nSPS) is 9.40. The van der Waals surface area contributed by atoms with Crippen molar-refractivity contribution in [3.05, 3.63) is 0 Å². The van der Waals surface area contributed by atoms with Crippen LogP contribution in [-0.4, -0.2) is 22.3 Å². The summed E-state index contributed by atoms with van der Waals surface area (Å²) < 4.78 is 0.607. The van der Waals surface area contributed by atoms with E-state index >= 15 is 0 Å². The van der Waals surface area contributed by atoms with Gasteiger partial charge in [-0.05, 0) is 13.3 Å². The second-order valence-corrected chi connectivity index (χ2v) is 3.23. The molecular formula is C7H14NS2-. The van der Waals surface area contributed by atoms with Gasteiger partial charge in [0.1, 0.15) is 0 Å². The van der Waals surface area contributed by atoms with Crippen molar-refractivity contribution in [1.82, 2.24) is 4.90 Å². The highest BCUT2D eigenvalue weighted by Gasteiger charge is 1.94. The highest BCUT2D eigenvalue weighted by atomic mass is 32.1. The third-order valence-corrected chi connectivity index (χ3v) is 1.94. The summed E-state index contributed by atoms with van der Waals surface area (Å²) in [7, 11) is 0. The quantitative estimate of drug-likeness (QED) is 0.476. The van der Waals surface area contributed by atoms with Gasteiger partial charge in [0.25, 0.3) is 0 Å². The lowest BCUT2D eigenvalue weighted by atomic mass is 10.3. The fraction of sp³-hybridized carbons (Fsp3) is 0.857. The number of thiocarbonyl (C=S) groups is 1. The number of nitrogens with zero attached hydrogens (tertiary/aromatic N) is 1. The number of hydrogen-bond acceptors (Lipinski definition) is 2. The standard InChI is InChI=1S/C7H15NS2/c1-3-5-6-8(4-2)7(9)10/h3-6H2,1-2H3,(H,9,10)/p-1. The second-order valence-electron chi connectivity index (χ2n) is 2.20. The summed E-state index contributed by atoms with van der Waals surface area (Å²) in [5.41, 5.74) is 0. The minimum atomic E-state index is 0.607. The fourth-order valence-electron chi connectivity index (χ4n) is 0.727. The molecule has 0 aromatic heterocycles. The van der Waals surface area contributed by atoms with Crippen molar-refractivity contribution in [3.8, 4) is 0 Å². The molecule has 0 aliphatic carbocycles. The molecule has 60 valence electrons. The molecule has 0 bridgehead atoms. The van der Waals surface area contributed by atoms with Gasteiger partial charge in [0.05, 0.1) is 0 Å². The van der Waals surface area contributed by atoms with Crippen LogP contribution in [0.1, 0.15) is 26.7 Å². The third kappa shape index (κ3) is 4.01. The van der Waals surface area contributed by atoms with E-state index in [9.17, 15) is 0 Å². The van der Waals surface area contributed by atoms with Crippen LogP contribution in [0, 0.1) is 0 Å². The highest BCUT2D eigenvalue weighted by Crippen LogP contribution is 1.95. The zero-order valence-electron chi connectivity index (χ0n) is 6.59. The molecule has 0 aromatic rings. The van der Waals surface area contributed by atoms with Crippen LogP contribution in [0.15, 0.2) is 0 Å². The maximum atomic E-state index is 4.87. The zero-order chi connectivity index (χ0) is 7.98. The average Bonchev–Trinajstić information content (AvgIpc) is 1.89. The van der Waals surface area contributed by atoms with Crippen LogP contribution in [0.2, 0.25) is 0 Å². The summed E-state index contributed by atoms with van der Waals surface area (Å²) >= 11 is 9.74. The Bertz CT molecular complexity index is 104. The molecule has 0 unspecified atom stereocenters. The average molecular weight is 176 g/mol. The largest absolute Gasteiger partial charge is 0.411 e. The zero-order valence-corrected chi connectivity index (χ0v) is 8.23. The molecule has 0 saturated carbocycles. The number of rotatable bonds is 4. The first kappa shape index (κ1) is 10.1. The molecule has 0 fully saturated rings. The van der Waals surface area contributed by atoms with Gasteiger partial charge >= 0.3 is 0 Å². The molecule has 0 N–H and O–H groups in total. The van der Waals surface area contributed by atoms with E-state index in [4.69, 9.17) is 24.8 Å². The Morgan fingerprint density at radius 2 is 2.10 bits per heavy atom. The van der Waals surface area contributed by atoms with Crippen LogP contribution in [0.5, 0.6) is 0 Å². The van der Waals surface area contributed by atoms with Gasteiger partial charge in [-0.25, -0.2) is 0 Å². The predicted octanol–water partition coefficient (Wildman–Crippen LogP) is 1.94. The molecule has 0 rings (SSSR count). The van der Waals surface area contributed by atoms with E-state index in [1.165, 1.54) is 12.8 Å². The smallest absolute Gasteiger partial charge is 0.0162 e. The Morgan fingerprint density at radius 1 is 1.50 bits per heavy atom. The van der Waals surface area contributed by atoms with E-state index in [-0.39, 0.29) is 0 Å². The Kier molecular flexibility index (Phi) is 5.93. The Hall–Kier alpha value is 0.110. The van der Waals surface area contributed by atoms with Crippen LogP contribution in [-0.2, 0) is 12.6 Å². The van der Waals surface area contributed by atoms with Crippen molar-refractivity contribution >= 4 is 29.2 Å². The van der Waals surface area contributed by atoms with Gasteiger partial charge in [-0.3, -0.25) is 0 Å². The molecule has 3 heteroatoms. The van der Waals surface area contributed by atoms with E-state index in [0.29, 0.717) is 4.32 Å². The summed E-state index contributed by atoms with van der Waals surface area (Å²) in [6, 6.07) is 0. The first-order chi connectivity index (χ1) is 4.72. The summed E-state index contributed by atoms with van der Waals surface area (Å²) in [4.78, 5) is 2.05. The topological polar surface area (TPSA) is 3.24 Å². The second kappa shape index (κ2) is 5.86. The van der Waals surface area contributed by atoms with Gasteiger partial charge in [0.15, 0.2) is 0 Å². The van der Waals surface area contributed by atoms with Crippen molar-refractivity contribution in [2.24, 2.45) is 0 Å². The summed E-state index contributed by atoms with van der Waals surface area (Å²) in [6.45, 7) is 6.21. The van der Waals surface area contributed by atoms with Gasteiger partial charge in [-0.15, -0.1) is 0 Å². The van der Waals surface area contributed by atoms with Crippen LogP contribution in [0.4, 0.5) is 0 Å². The van der Waals surface area contributed by atoms with Crippen molar-refractivity contribution in [3.63, 3.8) is 0 Å². The first-order valence-electron chi connectivity index (χ1n) is 3.68. The minimum Gasteiger partial charge on any atom is -0.411 e. The summed E-state index contributed by atoms with van der Waals surface area (Å²) in [5.74, 6) is 0. The van der Waals surface area contributed by atoms with Gasteiger partial charge in [-0.1, -0.05) is 17.7 Å². The molecule has 0 aromatic carbocycles. The molecule has 0 aliphatic heterocycles. The van der Waals surface area contributed by atoms with Gasteiger partial charge in [0.2, 0.25) is 0 Å². The van der Waals surface area contributed by atoms with Crippen molar-refractivity contribution in [1.29, 1.82) is 0 Å². The molecule has 0 spiro atoms. The monoisotopic (exact) mass is 176 g/mol. The van der Waals surface area contributed by atoms with Crippen molar-refractivity contribution in [2.45, 2.75) is 26.7 Å². The number of hydrogen-bond donors (Lipinski definition) is 0. The van der Waals surface area contributed by atoms with Crippen LogP contribution in [0.3, 0.4) is 0 Å². The first-order valence-corrected chi connectivity index (χ1v) is 4.50. The molecule has 10 heavy (non-hydrogen) atoms. The number of unbranched alkanes of at least 4 members (excludes halogenated alkanes) is 1. The van der Waals surface area contributed by atoms with E-state index < -0.39 is 0 Å². The molecule has 1 nitrogen and oxygen atoms in total. The highest BCUT2D eigenvalue weighted by molar-refractivity contribution is 8.00.